The highest BCUT2D eigenvalue weighted by molar-refractivity contribution is 5.56. The van der Waals surface area contributed by atoms with Crippen molar-refractivity contribution < 1.29 is 0 Å². The zero-order chi connectivity index (χ0) is 11.8. The Hall–Kier alpha value is -1.31. The molecule has 1 aliphatic heterocycles. The van der Waals surface area contributed by atoms with Crippen molar-refractivity contribution in [3.63, 3.8) is 0 Å². The van der Waals surface area contributed by atoms with Crippen molar-refractivity contribution >= 4 is 5.82 Å². The molecule has 2 nitrogen and oxygen atoms in total. The topological polar surface area (TPSA) is 24.9 Å². The number of aryl methyl sites for hydroxylation is 1. The van der Waals surface area contributed by atoms with Crippen LogP contribution in [0, 0.1) is 6.92 Å². The summed E-state index contributed by atoms with van der Waals surface area (Å²) in [5.74, 6) is 0.973. The second-order valence-corrected chi connectivity index (χ2v) is 2.93. The molecule has 2 heterocycles. The Morgan fingerprint density at radius 2 is 1.87 bits per heavy atom. The first kappa shape index (κ1) is 13.7. The van der Waals surface area contributed by atoms with Crippen LogP contribution in [0.2, 0.25) is 0 Å². The van der Waals surface area contributed by atoms with Crippen molar-refractivity contribution in [3.8, 4) is 0 Å². The van der Waals surface area contributed by atoms with Crippen molar-refractivity contribution in [3.05, 3.63) is 35.7 Å². The highest BCUT2D eigenvalue weighted by Gasteiger charge is 2.13. The van der Waals surface area contributed by atoms with E-state index in [2.05, 4.69) is 22.9 Å². The first-order valence-corrected chi connectivity index (χ1v) is 5.66. The number of allylic oxidation sites excluding steroid dienone is 1. The predicted octanol–water partition coefficient (Wildman–Crippen LogP) is 3.92. The summed E-state index contributed by atoms with van der Waals surface area (Å²) >= 11 is 0. The number of fused-ring (bicyclic) bond motifs is 1. The Morgan fingerprint density at radius 1 is 1.27 bits per heavy atom. The number of rotatable bonds is 0. The molecule has 0 radical (unpaired) electrons. The van der Waals surface area contributed by atoms with Crippen LogP contribution in [0.25, 0.3) is 0 Å². The molecule has 0 saturated heterocycles. The Bertz CT molecular complexity index is 316. The van der Waals surface area contributed by atoms with E-state index in [0.29, 0.717) is 0 Å². The van der Waals surface area contributed by atoms with Gasteiger partial charge in [0.25, 0.3) is 0 Å². The minimum Gasteiger partial charge on any atom is -0.344 e. The SMILES string of the molecule is C=C1Cc2cc(C)cnc2N1.CC.CC. The van der Waals surface area contributed by atoms with Crippen LogP contribution < -0.4 is 5.32 Å². The smallest absolute Gasteiger partial charge is 0.133 e. The van der Waals surface area contributed by atoms with Gasteiger partial charge in [-0.2, -0.15) is 0 Å². The Balaban J connectivity index is 0.000000442. The third-order valence-electron chi connectivity index (χ3n) is 1.80. The molecule has 0 spiro atoms. The summed E-state index contributed by atoms with van der Waals surface area (Å²) in [4.78, 5) is 4.24. The zero-order valence-corrected chi connectivity index (χ0v) is 10.5. The van der Waals surface area contributed by atoms with Gasteiger partial charge >= 0.3 is 0 Å². The van der Waals surface area contributed by atoms with Gasteiger partial charge < -0.3 is 5.32 Å². The van der Waals surface area contributed by atoms with Gasteiger partial charge in [-0.1, -0.05) is 40.3 Å². The van der Waals surface area contributed by atoms with Gasteiger partial charge in [-0.25, -0.2) is 4.98 Å². The fourth-order valence-electron chi connectivity index (χ4n) is 1.32. The predicted molar refractivity (Wildman–Crippen MR) is 68.1 cm³/mol. The lowest BCUT2D eigenvalue weighted by Gasteiger charge is -1.97. The average Bonchev–Trinajstić information content (AvgIpc) is 2.63. The Labute approximate surface area is 93.4 Å². The summed E-state index contributed by atoms with van der Waals surface area (Å²) in [6, 6.07) is 2.15. The largest absolute Gasteiger partial charge is 0.344 e. The highest BCUT2D eigenvalue weighted by Crippen LogP contribution is 2.24. The molecule has 1 N–H and O–H groups in total. The number of hydrogen-bond acceptors (Lipinski definition) is 2. The second-order valence-electron chi connectivity index (χ2n) is 2.93. The lowest BCUT2D eigenvalue weighted by molar-refractivity contribution is 1.22. The van der Waals surface area contributed by atoms with Crippen molar-refractivity contribution in [1.29, 1.82) is 0 Å². The molecular weight excluding hydrogens is 184 g/mol. The zero-order valence-electron chi connectivity index (χ0n) is 10.5. The fraction of sp³-hybridized carbons (Fsp3) is 0.462. The Kier molecular flexibility index (Phi) is 6.43. The number of nitrogens with zero attached hydrogens (tertiary/aromatic N) is 1. The summed E-state index contributed by atoms with van der Waals surface area (Å²) in [6.07, 6.45) is 2.79. The highest BCUT2D eigenvalue weighted by atomic mass is 15.0. The lowest BCUT2D eigenvalue weighted by atomic mass is 10.2. The fourth-order valence-corrected chi connectivity index (χ4v) is 1.32. The van der Waals surface area contributed by atoms with Crippen LogP contribution in [-0.4, -0.2) is 4.98 Å². The summed E-state index contributed by atoms with van der Waals surface area (Å²) in [7, 11) is 0. The van der Waals surface area contributed by atoms with E-state index in [0.717, 1.165) is 17.9 Å². The number of anilines is 1. The van der Waals surface area contributed by atoms with Gasteiger partial charge in [-0.05, 0) is 12.5 Å². The first-order valence-electron chi connectivity index (χ1n) is 5.66. The maximum atomic E-state index is 4.24. The third-order valence-corrected chi connectivity index (χ3v) is 1.80. The molecular formula is C13H22N2. The van der Waals surface area contributed by atoms with E-state index in [1.165, 1.54) is 11.1 Å². The van der Waals surface area contributed by atoms with Gasteiger partial charge in [0, 0.05) is 23.9 Å². The Morgan fingerprint density at radius 3 is 2.47 bits per heavy atom. The van der Waals surface area contributed by atoms with Gasteiger partial charge in [0.15, 0.2) is 0 Å². The van der Waals surface area contributed by atoms with E-state index in [1.54, 1.807) is 0 Å². The number of nitrogens with one attached hydrogen (secondary N) is 1. The van der Waals surface area contributed by atoms with Gasteiger partial charge in [0.05, 0.1) is 0 Å². The van der Waals surface area contributed by atoms with Gasteiger partial charge in [-0.15, -0.1) is 0 Å². The molecule has 1 aromatic heterocycles. The molecule has 84 valence electrons. The molecule has 0 unspecified atom stereocenters. The maximum Gasteiger partial charge on any atom is 0.133 e. The molecule has 0 saturated carbocycles. The summed E-state index contributed by atoms with van der Waals surface area (Å²) in [5, 5.41) is 3.12. The molecule has 0 atom stereocenters. The number of aromatic nitrogens is 1. The van der Waals surface area contributed by atoms with E-state index in [1.807, 2.05) is 40.8 Å². The third kappa shape index (κ3) is 3.74. The van der Waals surface area contributed by atoms with Crippen LogP contribution in [0.1, 0.15) is 38.8 Å². The van der Waals surface area contributed by atoms with Gasteiger partial charge in [0.1, 0.15) is 5.82 Å². The summed E-state index contributed by atoms with van der Waals surface area (Å²) in [6.45, 7) is 13.9. The first-order chi connectivity index (χ1) is 7.25. The molecule has 2 heteroatoms. The molecule has 0 amide bonds. The summed E-state index contributed by atoms with van der Waals surface area (Å²) < 4.78 is 0. The molecule has 0 fully saturated rings. The van der Waals surface area contributed by atoms with E-state index in [-0.39, 0.29) is 0 Å². The van der Waals surface area contributed by atoms with Crippen LogP contribution in [0.3, 0.4) is 0 Å². The van der Waals surface area contributed by atoms with Crippen molar-refractivity contribution in [2.24, 2.45) is 0 Å². The van der Waals surface area contributed by atoms with E-state index in [9.17, 15) is 0 Å². The summed E-state index contributed by atoms with van der Waals surface area (Å²) in [5.41, 5.74) is 3.51. The molecule has 15 heavy (non-hydrogen) atoms. The number of hydrogen-bond donors (Lipinski definition) is 1. The van der Waals surface area contributed by atoms with E-state index in [4.69, 9.17) is 0 Å². The lowest BCUT2D eigenvalue weighted by Crippen LogP contribution is -1.89. The van der Waals surface area contributed by atoms with Crippen LogP contribution in [0.4, 0.5) is 5.82 Å². The second kappa shape index (κ2) is 7.04. The van der Waals surface area contributed by atoms with E-state index >= 15 is 0 Å². The molecule has 1 aliphatic rings. The minimum atomic E-state index is 0.921. The van der Waals surface area contributed by atoms with Crippen molar-refractivity contribution in [2.75, 3.05) is 5.32 Å². The van der Waals surface area contributed by atoms with Crippen LogP contribution in [0.5, 0.6) is 0 Å². The average molecular weight is 206 g/mol. The molecule has 0 aliphatic carbocycles. The molecule has 1 aromatic rings. The minimum absolute atomic E-state index is 0.921. The molecule has 2 rings (SSSR count). The normalized spacial score (nSPS) is 11.4. The standard InChI is InChI=1S/C9H10N2.2C2H6/c1-6-3-8-4-7(2)11-9(8)10-5-6;2*1-2/h3,5H,2,4H2,1H3,(H,10,11);2*1-2H3. The van der Waals surface area contributed by atoms with Crippen molar-refractivity contribution in [2.45, 2.75) is 41.0 Å². The van der Waals surface area contributed by atoms with Crippen LogP contribution in [-0.2, 0) is 6.42 Å². The molecule has 0 aromatic carbocycles. The van der Waals surface area contributed by atoms with Crippen molar-refractivity contribution in [1.82, 2.24) is 4.98 Å². The van der Waals surface area contributed by atoms with E-state index < -0.39 is 0 Å². The maximum absolute atomic E-state index is 4.24. The monoisotopic (exact) mass is 206 g/mol. The van der Waals surface area contributed by atoms with Crippen LogP contribution in [0.15, 0.2) is 24.5 Å². The number of pyridine rings is 1. The van der Waals surface area contributed by atoms with Gasteiger partial charge in [0.2, 0.25) is 0 Å². The van der Waals surface area contributed by atoms with Gasteiger partial charge in [-0.3, -0.25) is 0 Å². The van der Waals surface area contributed by atoms with Crippen LogP contribution >= 0.6 is 0 Å². The molecule has 0 bridgehead atoms. The quantitative estimate of drug-likeness (QED) is 0.696.